The Morgan fingerprint density at radius 3 is 2.94 bits per heavy atom. The molecule has 4 nitrogen and oxygen atoms in total. The molecule has 0 spiro atoms. The summed E-state index contributed by atoms with van der Waals surface area (Å²) < 4.78 is 5.00. The van der Waals surface area contributed by atoms with Crippen LogP contribution in [0.25, 0.3) is 10.2 Å². The second-order valence-corrected chi connectivity index (χ2v) is 6.37. The monoisotopic (exact) mass is 300 g/mol. The lowest BCUT2D eigenvalue weighted by Gasteiger charge is -1.99. The third kappa shape index (κ3) is 2.28. The number of aryl methyl sites for hydroxylation is 1. The number of aromatic nitrogens is 4. The smallest absolute Gasteiger partial charge is 0.213 e. The van der Waals surface area contributed by atoms with Gasteiger partial charge in [-0.2, -0.15) is 4.37 Å². The maximum Gasteiger partial charge on any atom is 0.224 e. The second kappa shape index (κ2) is 4.49. The van der Waals surface area contributed by atoms with Gasteiger partial charge in [-0.15, -0.1) is 11.3 Å². The number of hydrogen-bond donors (Lipinski definition) is 0. The fraction of sp³-hybridized carbons (Fsp3) is 0.111. The van der Waals surface area contributed by atoms with Crippen LogP contribution in [0.15, 0.2) is 20.8 Å². The molecule has 86 valence electrons. The lowest BCUT2D eigenvalue weighted by Crippen LogP contribution is -1.86. The van der Waals surface area contributed by atoms with Crippen LogP contribution in [0.3, 0.4) is 0 Å². The highest BCUT2D eigenvalue weighted by molar-refractivity contribution is 8.01. The van der Waals surface area contributed by atoms with Crippen LogP contribution >= 0.6 is 46.2 Å². The molecule has 3 rings (SSSR count). The molecular weight excluding hydrogens is 296 g/mol. The summed E-state index contributed by atoms with van der Waals surface area (Å²) in [6, 6.07) is 1.99. The molecule has 3 aromatic heterocycles. The molecule has 0 bridgehead atoms. The van der Waals surface area contributed by atoms with Crippen molar-refractivity contribution in [1.29, 1.82) is 0 Å². The molecular formula is C9H5ClN4S3. The van der Waals surface area contributed by atoms with Crippen molar-refractivity contribution in [1.82, 2.24) is 19.3 Å². The Morgan fingerprint density at radius 1 is 1.29 bits per heavy atom. The molecule has 0 aliphatic carbocycles. The zero-order valence-electron chi connectivity index (χ0n) is 8.55. The Hall–Kier alpha value is -0.760. The third-order valence-electron chi connectivity index (χ3n) is 1.96. The Morgan fingerprint density at radius 2 is 2.18 bits per heavy atom. The number of nitrogens with zero attached hydrogens (tertiary/aromatic N) is 4. The van der Waals surface area contributed by atoms with E-state index < -0.39 is 0 Å². The van der Waals surface area contributed by atoms with Gasteiger partial charge in [0.1, 0.15) is 15.7 Å². The molecule has 0 fully saturated rings. The third-order valence-corrected chi connectivity index (χ3v) is 4.78. The molecule has 0 aliphatic rings. The number of halogens is 1. The van der Waals surface area contributed by atoms with Crippen molar-refractivity contribution in [2.45, 2.75) is 16.3 Å². The Bertz CT molecular complexity index is 678. The second-order valence-electron chi connectivity index (χ2n) is 3.15. The van der Waals surface area contributed by atoms with Crippen LogP contribution in [0.1, 0.15) is 5.82 Å². The van der Waals surface area contributed by atoms with E-state index in [4.69, 9.17) is 11.6 Å². The highest BCUT2D eigenvalue weighted by Crippen LogP contribution is 2.34. The SMILES string of the molecule is Cc1nsc(Sc2nc(Cl)nc3sccc23)n1. The van der Waals surface area contributed by atoms with Crippen molar-refractivity contribution in [3.8, 4) is 0 Å². The zero-order chi connectivity index (χ0) is 11.8. The van der Waals surface area contributed by atoms with Gasteiger partial charge in [-0.25, -0.2) is 15.0 Å². The van der Waals surface area contributed by atoms with E-state index in [0.717, 1.165) is 25.4 Å². The normalized spacial score (nSPS) is 11.2. The van der Waals surface area contributed by atoms with Crippen LogP contribution < -0.4 is 0 Å². The van der Waals surface area contributed by atoms with Gasteiger partial charge in [-0.05, 0) is 53.3 Å². The first-order valence-electron chi connectivity index (χ1n) is 4.61. The summed E-state index contributed by atoms with van der Waals surface area (Å²) in [6.45, 7) is 1.87. The molecule has 0 radical (unpaired) electrons. The molecule has 3 heterocycles. The van der Waals surface area contributed by atoms with Crippen molar-refractivity contribution in [2.75, 3.05) is 0 Å². The van der Waals surface area contributed by atoms with Gasteiger partial charge in [0.2, 0.25) is 5.28 Å². The number of fused-ring (bicyclic) bond motifs is 1. The molecule has 0 atom stereocenters. The molecule has 0 saturated heterocycles. The van der Waals surface area contributed by atoms with Crippen LogP contribution in [-0.4, -0.2) is 19.3 Å². The average molecular weight is 301 g/mol. The molecule has 0 aliphatic heterocycles. The minimum absolute atomic E-state index is 0.267. The largest absolute Gasteiger partial charge is 0.224 e. The molecule has 0 saturated carbocycles. The van der Waals surface area contributed by atoms with Gasteiger partial charge in [0.05, 0.1) is 0 Å². The number of thiophene rings is 1. The first kappa shape index (κ1) is 11.3. The average Bonchev–Trinajstić information content (AvgIpc) is 2.87. The van der Waals surface area contributed by atoms with Gasteiger partial charge in [0.25, 0.3) is 0 Å². The Labute approximate surface area is 114 Å². The van der Waals surface area contributed by atoms with Crippen LogP contribution in [-0.2, 0) is 0 Å². The number of hydrogen-bond acceptors (Lipinski definition) is 7. The van der Waals surface area contributed by atoms with Crippen molar-refractivity contribution in [2.24, 2.45) is 0 Å². The fourth-order valence-corrected chi connectivity index (χ4v) is 4.05. The van der Waals surface area contributed by atoms with Crippen molar-refractivity contribution < 1.29 is 0 Å². The van der Waals surface area contributed by atoms with Gasteiger partial charge in [-0.1, -0.05) is 0 Å². The Balaban J connectivity index is 2.07. The first-order chi connectivity index (χ1) is 8.22. The summed E-state index contributed by atoms with van der Waals surface area (Å²) in [6.07, 6.45) is 0. The van der Waals surface area contributed by atoms with E-state index in [2.05, 4.69) is 19.3 Å². The summed E-state index contributed by atoms with van der Waals surface area (Å²) in [5.74, 6) is 0.777. The van der Waals surface area contributed by atoms with Gasteiger partial charge in [-0.3, -0.25) is 0 Å². The van der Waals surface area contributed by atoms with E-state index in [-0.39, 0.29) is 5.28 Å². The lowest BCUT2D eigenvalue weighted by molar-refractivity contribution is 1.08. The van der Waals surface area contributed by atoms with E-state index >= 15 is 0 Å². The Kier molecular flexibility index (Phi) is 2.99. The van der Waals surface area contributed by atoms with E-state index in [0.29, 0.717) is 0 Å². The van der Waals surface area contributed by atoms with E-state index in [1.165, 1.54) is 23.3 Å². The molecule has 0 aromatic carbocycles. The standard InChI is InChI=1S/C9H5ClN4S3/c1-4-11-9(17-14-4)16-7-5-2-3-15-6(5)12-8(10)13-7/h2-3H,1H3. The van der Waals surface area contributed by atoms with Gasteiger partial charge in [0.15, 0.2) is 4.34 Å². The molecule has 0 unspecified atom stereocenters. The van der Waals surface area contributed by atoms with Gasteiger partial charge in [0, 0.05) is 5.39 Å². The number of rotatable bonds is 2. The summed E-state index contributed by atoms with van der Waals surface area (Å²) in [4.78, 5) is 13.6. The van der Waals surface area contributed by atoms with Crippen LogP contribution in [0, 0.1) is 6.92 Å². The fourth-order valence-electron chi connectivity index (χ4n) is 1.28. The zero-order valence-corrected chi connectivity index (χ0v) is 11.8. The topological polar surface area (TPSA) is 51.6 Å². The molecule has 0 amide bonds. The summed E-state index contributed by atoms with van der Waals surface area (Å²) >= 11 is 10.3. The van der Waals surface area contributed by atoms with Crippen molar-refractivity contribution in [3.05, 3.63) is 22.6 Å². The first-order valence-corrected chi connectivity index (χ1v) is 7.46. The van der Waals surface area contributed by atoms with Crippen LogP contribution in [0.4, 0.5) is 0 Å². The van der Waals surface area contributed by atoms with Crippen molar-refractivity contribution >= 4 is 56.4 Å². The highest BCUT2D eigenvalue weighted by atomic mass is 35.5. The highest BCUT2D eigenvalue weighted by Gasteiger charge is 2.11. The maximum atomic E-state index is 5.89. The van der Waals surface area contributed by atoms with Gasteiger partial charge < -0.3 is 0 Å². The molecule has 17 heavy (non-hydrogen) atoms. The predicted molar refractivity (Wildman–Crippen MR) is 71.2 cm³/mol. The lowest BCUT2D eigenvalue weighted by atomic mass is 10.4. The minimum atomic E-state index is 0.267. The van der Waals surface area contributed by atoms with Crippen LogP contribution in [0.2, 0.25) is 5.28 Å². The quantitative estimate of drug-likeness (QED) is 0.534. The summed E-state index contributed by atoms with van der Waals surface area (Å²) in [5, 5.41) is 4.09. The van der Waals surface area contributed by atoms with Crippen molar-refractivity contribution in [3.63, 3.8) is 0 Å². The minimum Gasteiger partial charge on any atom is -0.213 e. The maximum absolute atomic E-state index is 5.89. The van der Waals surface area contributed by atoms with Crippen LogP contribution in [0.5, 0.6) is 0 Å². The van der Waals surface area contributed by atoms with E-state index in [1.807, 2.05) is 18.4 Å². The molecule has 3 aromatic rings. The molecule has 8 heteroatoms. The molecule has 0 N–H and O–H groups in total. The van der Waals surface area contributed by atoms with Gasteiger partial charge >= 0.3 is 0 Å². The summed E-state index contributed by atoms with van der Waals surface area (Å²) in [7, 11) is 0. The summed E-state index contributed by atoms with van der Waals surface area (Å²) in [5.41, 5.74) is 0. The van der Waals surface area contributed by atoms with E-state index in [9.17, 15) is 0 Å². The predicted octanol–water partition coefficient (Wildman–Crippen LogP) is 3.66. The van der Waals surface area contributed by atoms with E-state index in [1.54, 1.807) is 11.3 Å².